The van der Waals surface area contributed by atoms with E-state index in [2.05, 4.69) is 26.9 Å². The van der Waals surface area contributed by atoms with E-state index in [9.17, 15) is 4.79 Å². The van der Waals surface area contributed by atoms with Crippen LogP contribution in [0.15, 0.2) is 18.2 Å². The summed E-state index contributed by atoms with van der Waals surface area (Å²) >= 11 is 0. The van der Waals surface area contributed by atoms with E-state index in [1.807, 2.05) is 13.0 Å². The quantitative estimate of drug-likeness (QED) is 0.811. The van der Waals surface area contributed by atoms with Gasteiger partial charge in [0.25, 0.3) is 0 Å². The molecule has 4 rings (SSSR count). The van der Waals surface area contributed by atoms with Crippen molar-refractivity contribution in [3.63, 3.8) is 0 Å². The van der Waals surface area contributed by atoms with E-state index in [1.54, 1.807) is 0 Å². The summed E-state index contributed by atoms with van der Waals surface area (Å²) in [5, 5.41) is 0. The Labute approximate surface area is 161 Å². The number of ether oxygens (including phenoxy) is 2. The molecule has 6 nitrogen and oxygen atoms in total. The summed E-state index contributed by atoms with van der Waals surface area (Å²) in [4.78, 5) is 21.9. The molecule has 148 valence electrons. The van der Waals surface area contributed by atoms with Crippen molar-refractivity contribution in [1.29, 1.82) is 0 Å². The Morgan fingerprint density at radius 3 is 3.00 bits per heavy atom. The molecule has 0 aliphatic carbocycles. The van der Waals surface area contributed by atoms with Gasteiger partial charge in [0, 0.05) is 45.0 Å². The molecular formula is C21H31N3O3. The smallest absolute Gasteiger partial charge is 0.228 e. The minimum absolute atomic E-state index is 0.0650. The molecule has 2 atom stereocenters. The zero-order chi connectivity index (χ0) is 18.7. The Bertz CT molecular complexity index is 662. The molecule has 6 heteroatoms. The first-order valence-corrected chi connectivity index (χ1v) is 10.3. The average Bonchev–Trinajstić information content (AvgIpc) is 3.12. The van der Waals surface area contributed by atoms with Crippen molar-refractivity contribution in [2.45, 2.75) is 44.8 Å². The van der Waals surface area contributed by atoms with Crippen molar-refractivity contribution in [1.82, 2.24) is 14.8 Å². The lowest BCUT2D eigenvalue weighted by Gasteiger charge is -2.42. The van der Waals surface area contributed by atoms with Gasteiger partial charge in [0.05, 0.1) is 30.4 Å². The van der Waals surface area contributed by atoms with Crippen molar-refractivity contribution in [3.05, 3.63) is 29.6 Å². The summed E-state index contributed by atoms with van der Waals surface area (Å²) in [6, 6.07) is 6.22. The van der Waals surface area contributed by atoms with Crippen molar-refractivity contribution < 1.29 is 14.3 Å². The fourth-order valence-electron chi connectivity index (χ4n) is 4.65. The summed E-state index contributed by atoms with van der Waals surface area (Å²) < 4.78 is 11.7. The third-order valence-corrected chi connectivity index (χ3v) is 6.15. The maximum absolute atomic E-state index is 12.7. The number of hydrogen-bond acceptors (Lipinski definition) is 5. The van der Waals surface area contributed by atoms with Gasteiger partial charge in [-0.2, -0.15) is 0 Å². The molecule has 3 aliphatic heterocycles. The molecule has 3 saturated heterocycles. The largest absolute Gasteiger partial charge is 0.381 e. The van der Waals surface area contributed by atoms with Crippen LogP contribution in [-0.2, 0) is 20.8 Å². The van der Waals surface area contributed by atoms with E-state index >= 15 is 0 Å². The SMILES string of the molecule is Cc1cccc(CN2CCOC3(CCCN(C(=O)C4CCOC4)CC3)C2)n1. The Balaban J connectivity index is 1.37. The summed E-state index contributed by atoms with van der Waals surface area (Å²) in [5.41, 5.74) is 2.07. The van der Waals surface area contributed by atoms with Crippen LogP contribution in [0, 0.1) is 12.8 Å². The highest BCUT2D eigenvalue weighted by atomic mass is 16.5. The van der Waals surface area contributed by atoms with Gasteiger partial charge >= 0.3 is 0 Å². The van der Waals surface area contributed by atoms with E-state index in [-0.39, 0.29) is 17.4 Å². The third-order valence-electron chi connectivity index (χ3n) is 6.15. The van der Waals surface area contributed by atoms with Crippen LogP contribution in [0.25, 0.3) is 0 Å². The fourth-order valence-corrected chi connectivity index (χ4v) is 4.65. The molecule has 1 spiro atoms. The molecule has 0 aromatic carbocycles. The van der Waals surface area contributed by atoms with E-state index in [0.717, 1.165) is 83.0 Å². The summed E-state index contributed by atoms with van der Waals surface area (Å²) in [5.74, 6) is 0.344. The van der Waals surface area contributed by atoms with Crippen molar-refractivity contribution in [2.75, 3.05) is 46.0 Å². The number of morpholine rings is 1. The second kappa shape index (κ2) is 8.25. The predicted octanol–water partition coefficient (Wildman–Crippen LogP) is 2.01. The second-order valence-corrected chi connectivity index (χ2v) is 8.25. The maximum Gasteiger partial charge on any atom is 0.228 e. The highest BCUT2D eigenvalue weighted by molar-refractivity contribution is 5.79. The normalized spacial score (nSPS) is 29.8. The van der Waals surface area contributed by atoms with Gasteiger partial charge in [-0.1, -0.05) is 6.07 Å². The first kappa shape index (κ1) is 18.8. The number of nitrogens with zero attached hydrogens (tertiary/aromatic N) is 3. The first-order chi connectivity index (χ1) is 13.1. The Kier molecular flexibility index (Phi) is 5.76. The molecule has 3 aliphatic rings. The number of likely N-dealkylation sites (tertiary alicyclic amines) is 1. The molecule has 27 heavy (non-hydrogen) atoms. The highest BCUT2D eigenvalue weighted by Crippen LogP contribution is 2.31. The molecule has 0 N–H and O–H groups in total. The zero-order valence-corrected chi connectivity index (χ0v) is 16.4. The summed E-state index contributed by atoms with van der Waals surface area (Å²) in [6.07, 6.45) is 3.82. The monoisotopic (exact) mass is 373 g/mol. The number of hydrogen-bond donors (Lipinski definition) is 0. The Morgan fingerprint density at radius 2 is 2.19 bits per heavy atom. The van der Waals surface area contributed by atoms with Crippen LogP contribution < -0.4 is 0 Å². The standard InChI is InChI=1S/C21H31N3O3/c1-17-4-2-5-19(22-17)14-23-11-13-27-21(16-23)7-3-9-24(10-8-21)20(25)18-6-12-26-15-18/h2,4-5,18H,3,6-16H2,1H3. The number of carbonyl (C=O) groups is 1. The molecule has 1 aromatic heterocycles. The lowest BCUT2D eigenvalue weighted by Crippen LogP contribution is -2.52. The van der Waals surface area contributed by atoms with Gasteiger partial charge in [-0.3, -0.25) is 14.7 Å². The lowest BCUT2D eigenvalue weighted by molar-refractivity contribution is -0.136. The number of aromatic nitrogens is 1. The minimum Gasteiger partial charge on any atom is -0.381 e. The van der Waals surface area contributed by atoms with Crippen LogP contribution in [0.3, 0.4) is 0 Å². The van der Waals surface area contributed by atoms with E-state index in [4.69, 9.17) is 9.47 Å². The van der Waals surface area contributed by atoms with Gasteiger partial charge in [0.1, 0.15) is 0 Å². The van der Waals surface area contributed by atoms with Crippen molar-refractivity contribution >= 4 is 5.91 Å². The first-order valence-electron chi connectivity index (χ1n) is 10.3. The molecule has 2 unspecified atom stereocenters. The molecule has 4 heterocycles. The Morgan fingerprint density at radius 1 is 1.26 bits per heavy atom. The second-order valence-electron chi connectivity index (χ2n) is 8.25. The Hall–Kier alpha value is -1.50. The zero-order valence-electron chi connectivity index (χ0n) is 16.4. The fraction of sp³-hybridized carbons (Fsp3) is 0.714. The number of carbonyl (C=O) groups excluding carboxylic acids is 1. The number of amides is 1. The van der Waals surface area contributed by atoms with Crippen LogP contribution in [0.4, 0.5) is 0 Å². The number of rotatable bonds is 3. The van der Waals surface area contributed by atoms with Gasteiger partial charge in [-0.05, 0) is 44.7 Å². The number of aryl methyl sites for hydroxylation is 1. The van der Waals surface area contributed by atoms with Gasteiger partial charge < -0.3 is 14.4 Å². The number of pyridine rings is 1. The van der Waals surface area contributed by atoms with Crippen molar-refractivity contribution in [2.24, 2.45) is 5.92 Å². The topological polar surface area (TPSA) is 54.9 Å². The molecule has 1 amide bonds. The predicted molar refractivity (Wildman–Crippen MR) is 102 cm³/mol. The van der Waals surface area contributed by atoms with Crippen LogP contribution in [0.2, 0.25) is 0 Å². The molecule has 3 fully saturated rings. The van der Waals surface area contributed by atoms with E-state index < -0.39 is 0 Å². The lowest BCUT2D eigenvalue weighted by atomic mass is 9.92. The molecular weight excluding hydrogens is 342 g/mol. The van der Waals surface area contributed by atoms with Gasteiger partial charge in [-0.15, -0.1) is 0 Å². The van der Waals surface area contributed by atoms with Gasteiger partial charge in [0.15, 0.2) is 0 Å². The van der Waals surface area contributed by atoms with Crippen LogP contribution in [-0.4, -0.2) is 72.3 Å². The molecule has 1 aromatic rings. The molecule has 0 saturated carbocycles. The van der Waals surface area contributed by atoms with E-state index in [0.29, 0.717) is 6.61 Å². The van der Waals surface area contributed by atoms with Gasteiger partial charge in [0.2, 0.25) is 5.91 Å². The third kappa shape index (κ3) is 4.50. The van der Waals surface area contributed by atoms with Crippen LogP contribution in [0.5, 0.6) is 0 Å². The minimum atomic E-state index is -0.122. The maximum atomic E-state index is 12.7. The average molecular weight is 373 g/mol. The van der Waals surface area contributed by atoms with Crippen LogP contribution >= 0.6 is 0 Å². The van der Waals surface area contributed by atoms with Crippen LogP contribution in [0.1, 0.15) is 37.1 Å². The van der Waals surface area contributed by atoms with Crippen molar-refractivity contribution in [3.8, 4) is 0 Å². The summed E-state index contributed by atoms with van der Waals surface area (Å²) in [6.45, 7) is 8.50. The van der Waals surface area contributed by atoms with Gasteiger partial charge in [-0.25, -0.2) is 0 Å². The highest BCUT2D eigenvalue weighted by Gasteiger charge is 2.39. The van der Waals surface area contributed by atoms with E-state index in [1.165, 1.54) is 0 Å². The molecule has 0 bridgehead atoms. The summed E-state index contributed by atoms with van der Waals surface area (Å²) in [7, 11) is 0. The molecule has 0 radical (unpaired) electrons.